The SMILES string of the molecule is CC(=O)N1CCCC1C(=O)N(C)C. The van der Waals surface area contributed by atoms with Crippen molar-refractivity contribution in [2.45, 2.75) is 25.8 Å². The van der Waals surface area contributed by atoms with E-state index in [9.17, 15) is 9.59 Å². The van der Waals surface area contributed by atoms with E-state index in [1.165, 1.54) is 6.92 Å². The van der Waals surface area contributed by atoms with Crippen LogP contribution < -0.4 is 0 Å². The Morgan fingerprint density at radius 1 is 1.38 bits per heavy atom. The Morgan fingerprint density at radius 2 is 2.00 bits per heavy atom. The Bertz CT molecular complexity index is 226. The quantitative estimate of drug-likeness (QED) is 0.579. The molecule has 4 nitrogen and oxygen atoms in total. The largest absolute Gasteiger partial charge is 0.347 e. The number of carbonyl (C=O) groups excluding carboxylic acids is 2. The van der Waals surface area contributed by atoms with E-state index < -0.39 is 0 Å². The lowest BCUT2D eigenvalue weighted by atomic mass is 10.2. The topological polar surface area (TPSA) is 40.6 Å². The van der Waals surface area contributed by atoms with E-state index in [-0.39, 0.29) is 17.9 Å². The van der Waals surface area contributed by atoms with Gasteiger partial charge in [0.05, 0.1) is 0 Å². The summed E-state index contributed by atoms with van der Waals surface area (Å²) >= 11 is 0. The molecule has 1 aliphatic heterocycles. The minimum absolute atomic E-state index is 0.00213. The van der Waals surface area contributed by atoms with Crippen molar-refractivity contribution in [3.63, 3.8) is 0 Å². The number of hydrogen-bond acceptors (Lipinski definition) is 2. The predicted molar refractivity (Wildman–Crippen MR) is 49.1 cm³/mol. The second kappa shape index (κ2) is 3.77. The minimum Gasteiger partial charge on any atom is -0.347 e. The first-order valence-electron chi connectivity index (χ1n) is 4.52. The molecule has 0 saturated carbocycles. The second-order valence-corrected chi connectivity index (χ2v) is 3.60. The van der Waals surface area contributed by atoms with Crippen molar-refractivity contribution in [3.05, 3.63) is 0 Å². The van der Waals surface area contributed by atoms with Gasteiger partial charge in [-0.05, 0) is 12.8 Å². The van der Waals surface area contributed by atoms with Crippen LogP contribution in [-0.2, 0) is 9.59 Å². The Balaban J connectivity index is 2.68. The number of hydrogen-bond donors (Lipinski definition) is 0. The van der Waals surface area contributed by atoms with E-state index in [0.29, 0.717) is 0 Å². The standard InChI is InChI=1S/C9H16N2O2/c1-7(12)11-6-4-5-8(11)9(13)10(2)3/h8H,4-6H2,1-3H3. The van der Waals surface area contributed by atoms with Crippen molar-refractivity contribution >= 4 is 11.8 Å². The number of nitrogens with zero attached hydrogens (tertiary/aromatic N) is 2. The van der Waals surface area contributed by atoms with E-state index in [2.05, 4.69) is 0 Å². The molecule has 0 aromatic heterocycles. The lowest BCUT2D eigenvalue weighted by molar-refractivity contribution is -0.141. The molecule has 0 aromatic rings. The van der Waals surface area contributed by atoms with Crippen LogP contribution in [0.1, 0.15) is 19.8 Å². The number of amides is 2. The van der Waals surface area contributed by atoms with Crippen molar-refractivity contribution in [2.24, 2.45) is 0 Å². The molecular formula is C9H16N2O2. The molecule has 1 saturated heterocycles. The smallest absolute Gasteiger partial charge is 0.244 e. The molecule has 0 bridgehead atoms. The lowest BCUT2D eigenvalue weighted by Crippen LogP contribution is -2.44. The third-order valence-corrected chi connectivity index (χ3v) is 2.38. The van der Waals surface area contributed by atoms with Gasteiger partial charge >= 0.3 is 0 Å². The maximum atomic E-state index is 11.6. The molecule has 13 heavy (non-hydrogen) atoms. The van der Waals surface area contributed by atoms with E-state index in [4.69, 9.17) is 0 Å². The molecule has 1 heterocycles. The summed E-state index contributed by atoms with van der Waals surface area (Å²) in [6.07, 6.45) is 1.74. The second-order valence-electron chi connectivity index (χ2n) is 3.60. The van der Waals surface area contributed by atoms with Crippen LogP contribution in [0.15, 0.2) is 0 Å². The fraction of sp³-hybridized carbons (Fsp3) is 0.778. The molecule has 2 amide bonds. The van der Waals surface area contributed by atoms with Crippen LogP contribution in [0.25, 0.3) is 0 Å². The molecule has 0 spiro atoms. The summed E-state index contributed by atoms with van der Waals surface area (Å²) in [5.74, 6) is 0.0328. The van der Waals surface area contributed by atoms with Crippen LogP contribution in [0.5, 0.6) is 0 Å². The number of carbonyl (C=O) groups is 2. The summed E-state index contributed by atoms with van der Waals surface area (Å²) in [7, 11) is 3.44. The molecule has 0 N–H and O–H groups in total. The first-order valence-corrected chi connectivity index (χ1v) is 4.52. The van der Waals surface area contributed by atoms with Gasteiger partial charge in [-0.2, -0.15) is 0 Å². The van der Waals surface area contributed by atoms with E-state index in [1.54, 1.807) is 23.9 Å². The maximum absolute atomic E-state index is 11.6. The zero-order chi connectivity index (χ0) is 10.0. The molecule has 1 atom stereocenters. The van der Waals surface area contributed by atoms with Gasteiger partial charge in [0.25, 0.3) is 0 Å². The predicted octanol–water partition coefficient (Wildman–Crippen LogP) is 0.0855. The fourth-order valence-electron chi connectivity index (χ4n) is 1.70. The van der Waals surface area contributed by atoms with E-state index in [0.717, 1.165) is 19.4 Å². The molecule has 1 fully saturated rings. The Hall–Kier alpha value is -1.06. The highest BCUT2D eigenvalue weighted by molar-refractivity contribution is 5.87. The number of likely N-dealkylation sites (tertiary alicyclic amines) is 1. The van der Waals surface area contributed by atoms with Gasteiger partial charge in [0, 0.05) is 27.6 Å². The molecule has 1 unspecified atom stereocenters. The van der Waals surface area contributed by atoms with Crippen molar-refractivity contribution in [3.8, 4) is 0 Å². The van der Waals surface area contributed by atoms with Crippen molar-refractivity contribution in [2.75, 3.05) is 20.6 Å². The molecule has 4 heteroatoms. The molecule has 0 aliphatic carbocycles. The van der Waals surface area contributed by atoms with Crippen LogP contribution in [0.2, 0.25) is 0 Å². The summed E-state index contributed by atoms with van der Waals surface area (Å²) in [4.78, 5) is 25.9. The Labute approximate surface area is 78.5 Å². The summed E-state index contributed by atoms with van der Waals surface area (Å²) in [6, 6.07) is -0.215. The van der Waals surface area contributed by atoms with E-state index in [1.807, 2.05) is 0 Å². The molecule has 0 aromatic carbocycles. The summed E-state index contributed by atoms with van der Waals surface area (Å²) < 4.78 is 0. The van der Waals surface area contributed by atoms with Gasteiger partial charge in [0.15, 0.2) is 0 Å². The average molecular weight is 184 g/mol. The Kier molecular flexibility index (Phi) is 2.90. The van der Waals surface area contributed by atoms with Gasteiger partial charge in [-0.1, -0.05) is 0 Å². The minimum atomic E-state index is -0.215. The first kappa shape index (κ1) is 10.0. The van der Waals surface area contributed by atoms with Crippen molar-refractivity contribution in [1.82, 2.24) is 9.80 Å². The third-order valence-electron chi connectivity index (χ3n) is 2.38. The highest BCUT2D eigenvalue weighted by Gasteiger charge is 2.32. The van der Waals surface area contributed by atoms with Crippen LogP contribution in [-0.4, -0.2) is 48.3 Å². The van der Waals surface area contributed by atoms with Gasteiger partial charge in [0.1, 0.15) is 6.04 Å². The fourth-order valence-corrected chi connectivity index (χ4v) is 1.70. The van der Waals surface area contributed by atoms with Crippen LogP contribution in [0.4, 0.5) is 0 Å². The maximum Gasteiger partial charge on any atom is 0.244 e. The number of rotatable bonds is 1. The highest BCUT2D eigenvalue weighted by Crippen LogP contribution is 2.18. The highest BCUT2D eigenvalue weighted by atomic mass is 16.2. The third kappa shape index (κ3) is 1.99. The van der Waals surface area contributed by atoms with E-state index >= 15 is 0 Å². The van der Waals surface area contributed by atoms with Gasteiger partial charge in [-0.25, -0.2) is 0 Å². The number of likely N-dealkylation sites (N-methyl/N-ethyl adjacent to an activating group) is 1. The lowest BCUT2D eigenvalue weighted by Gasteiger charge is -2.24. The van der Waals surface area contributed by atoms with Gasteiger partial charge in [-0.3, -0.25) is 9.59 Å². The zero-order valence-electron chi connectivity index (χ0n) is 8.41. The van der Waals surface area contributed by atoms with Gasteiger partial charge in [-0.15, -0.1) is 0 Å². The summed E-state index contributed by atoms with van der Waals surface area (Å²) in [5.41, 5.74) is 0. The summed E-state index contributed by atoms with van der Waals surface area (Å²) in [6.45, 7) is 2.24. The molecular weight excluding hydrogens is 168 g/mol. The van der Waals surface area contributed by atoms with Gasteiger partial charge in [0.2, 0.25) is 11.8 Å². The molecule has 0 radical (unpaired) electrons. The summed E-state index contributed by atoms with van der Waals surface area (Å²) in [5, 5.41) is 0. The van der Waals surface area contributed by atoms with Crippen LogP contribution >= 0.6 is 0 Å². The van der Waals surface area contributed by atoms with Crippen LogP contribution in [0.3, 0.4) is 0 Å². The molecule has 74 valence electrons. The monoisotopic (exact) mass is 184 g/mol. The molecule has 1 aliphatic rings. The van der Waals surface area contributed by atoms with Crippen LogP contribution in [0, 0.1) is 0 Å². The first-order chi connectivity index (χ1) is 6.04. The molecule has 1 rings (SSSR count). The zero-order valence-corrected chi connectivity index (χ0v) is 8.41. The van der Waals surface area contributed by atoms with Crippen molar-refractivity contribution < 1.29 is 9.59 Å². The Morgan fingerprint density at radius 3 is 2.46 bits per heavy atom. The average Bonchev–Trinajstić information content (AvgIpc) is 2.50. The van der Waals surface area contributed by atoms with Crippen molar-refractivity contribution in [1.29, 1.82) is 0 Å². The van der Waals surface area contributed by atoms with Gasteiger partial charge < -0.3 is 9.80 Å². The normalized spacial score (nSPS) is 21.8.